The molecule has 0 saturated heterocycles. The Morgan fingerprint density at radius 3 is 2.84 bits per heavy atom. The number of rotatable bonds is 5. The van der Waals surface area contributed by atoms with Crippen molar-refractivity contribution in [3.63, 3.8) is 0 Å². The monoisotopic (exact) mass is 282 g/mol. The fraction of sp³-hybridized carbons (Fsp3) is 0.385. The zero-order valence-corrected chi connectivity index (χ0v) is 11.5. The number of hydrogen-bond donors (Lipinski definition) is 1. The highest BCUT2D eigenvalue weighted by Crippen LogP contribution is 2.28. The molecule has 0 bridgehead atoms. The van der Waals surface area contributed by atoms with Crippen molar-refractivity contribution in [2.45, 2.75) is 33.0 Å². The van der Waals surface area contributed by atoms with Gasteiger partial charge in [-0.05, 0) is 24.6 Å². The van der Waals surface area contributed by atoms with Gasteiger partial charge in [0.25, 0.3) is 5.89 Å². The maximum Gasteiger partial charge on any atom is 0.264 e. The largest absolute Gasteiger partial charge is 0.482 e. The molecule has 0 aliphatic carbocycles. The van der Waals surface area contributed by atoms with Crippen LogP contribution in [0.15, 0.2) is 22.7 Å². The summed E-state index contributed by atoms with van der Waals surface area (Å²) in [6.07, 6.45) is 0.155. The molecular weight excluding hydrogens is 268 g/mol. The zero-order chi connectivity index (χ0) is 13.8. The summed E-state index contributed by atoms with van der Waals surface area (Å²) in [4.78, 5) is 4.13. The van der Waals surface area contributed by atoms with Gasteiger partial charge in [-0.1, -0.05) is 29.7 Å². The van der Waals surface area contributed by atoms with Crippen molar-refractivity contribution in [2.75, 3.05) is 0 Å². The first-order chi connectivity index (χ1) is 9.10. The van der Waals surface area contributed by atoms with Crippen LogP contribution in [0.5, 0.6) is 5.75 Å². The van der Waals surface area contributed by atoms with E-state index in [1.165, 1.54) is 0 Å². The van der Waals surface area contributed by atoms with Crippen LogP contribution in [0.25, 0.3) is 0 Å². The highest BCUT2D eigenvalue weighted by Gasteiger charge is 2.09. The van der Waals surface area contributed by atoms with Crippen LogP contribution in [0.2, 0.25) is 5.02 Å². The molecule has 2 aromatic rings. The second kappa shape index (κ2) is 6.04. The van der Waals surface area contributed by atoms with E-state index in [2.05, 4.69) is 10.1 Å². The van der Waals surface area contributed by atoms with Crippen LogP contribution in [0.1, 0.15) is 37.2 Å². The molecule has 1 N–H and O–H groups in total. The van der Waals surface area contributed by atoms with Crippen LogP contribution in [-0.4, -0.2) is 15.2 Å². The molecule has 0 spiro atoms. The Morgan fingerprint density at radius 1 is 1.47 bits per heavy atom. The quantitative estimate of drug-likeness (QED) is 0.913. The van der Waals surface area contributed by atoms with E-state index in [0.29, 0.717) is 28.9 Å². The second-order valence-electron chi connectivity index (χ2n) is 4.11. The van der Waals surface area contributed by atoms with Crippen LogP contribution < -0.4 is 4.74 Å². The van der Waals surface area contributed by atoms with E-state index in [4.69, 9.17) is 20.9 Å². The summed E-state index contributed by atoms with van der Waals surface area (Å²) in [5.41, 5.74) is 0.739. The molecule has 1 heterocycles. The van der Waals surface area contributed by atoms with Gasteiger partial charge in [0.1, 0.15) is 5.75 Å². The standard InChI is InChI=1S/C13H15ClN2O3/c1-3-12-15-13(19-16-12)7-18-11-5-4-9(8(2)17)6-10(11)14/h4-6,8,17H,3,7H2,1-2H3/t8-/m1/s1. The summed E-state index contributed by atoms with van der Waals surface area (Å²) in [5.74, 6) is 1.57. The number of ether oxygens (including phenoxy) is 1. The lowest BCUT2D eigenvalue weighted by atomic mass is 10.1. The molecule has 1 aromatic heterocycles. The van der Waals surface area contributed by atoms with Gasteiger partial charge in [-0.2, -0.15) is 4.98 Å². The third kappa shape index (κ3) is 3.45. The lowest BCUT2D eigenvalue weighted by molar-refractivity contribution is 0.199. The van der Waals surface area contributed by atoms with Gasteiger partial charge in [0.05, 0.1) is 11.1 Å². The third-order valence-corrected chi connectivity index (χ3v) is 2.91. The summed E-state index contributed by atoms with van der Waals surface area (Å²) < 4.78 is 10.5. The van der Waals surface area contributed by atoms with Crippen LogP contribution >= 0.6 is 11.6 Å². The molecule has 1 atom stereocenters. The Morgan fingerprint density at radius 2 is 2.26 bits per heavy atom. The molecule has 5 nitrogen and oxygen atoms in total. The van der Waals surface area contributed by atoms with Gasteiger partial charge in [-0.15, -0.1) is 0 Å². The highest BCUT2D eigenvalue weighted by molar-refractivity contribution is 6.32. The molecule has 19 heavy (non-hydrogen) atoms. The van der Waals surface area contributed by atoms with Crippen molar-refractivity contribution in [3.8, 4) is 5.75 Å². The molecule has 2 rings (SSSR count). The smallest absolute Gasteiger partial charge is 0.264 e. The normalized spacial score (nSPS) is 12.4. The predicted octanol–water partition coefficient (Wildman–Crippen LogP) is 2.92. The molecule has 0 radical (unpaired) electrons. The molecular formula is C13H15ClN2O3. The Bertz CT molecular complexity index is 555. The number of aliphatic hydroxyl groups excluding tert-OH is 1. The van der Waals surface area contributed by atoms with Crippen molar-refractivity contribution >= 4 is 11.6 Å². The molecule has 1 aromatic carbocycles. The van der Waals surface area contributed by atoms with Crippen LogP contribution in [0.3, 0.4) is 0 Å². The van der Waals surface area contributed by atoms with Crippen LogP contribution in [0, 0.1) is 0 Å². The fourth-order valence-corrected chi connectivity index (χ4v) is 1.77. The average molecular weight is 283 g/mol. The minimum Gasteiger partial charge on any atom is -0.482 e. The number of aromatic nitrogens is 2. The maximum absolute atomic E-state index is 9.44. The highest BCUT2D eigenvalue weighted by atomic mass is 35.5. The van der Waals surface area contributed by atoms with Gasteiger partial charge >= 0.3 is 0 Å². The third-order valence-electron chi connectivity index (χ3n) is 2.62. The molecule has 102 valence electrons. The van der Waals surface area contributed by atoms with E-state index in [1.54, 1.807) is 25.1 Å². The summed E-state index contributed by atoms with van der Waals surface area (Å²) in [6, 6.07) is 5.14. The molecule has 6 heteroatoms. The van der Waals surface area contributed by atoms with Crippen LogP contribution in [-0.2, 0) is 13.0 Å². The lowest BCUT2D eigenvalue weighted by Crippen LogP contribution is -1.98. The Hall–Kier alpha value is -1.59. The van der Waals surface area contributed by atoms with E-state index in [9.17, 15) is 5.11 Å². The summed E-state index contributed by atoms with van der Waals surface area (Å²) in [6.45, 7) is 3.79. The predicted molar refractivity (Wildman–Crippen MR) is 70.1 cm³/mol. The molecule has 0 aliphatic rings. The molecule has 0 amide bonds. The maximum atomic E-state index is 9.44. The minimum absolute atomic E-state index is 0.167. The number of aryl methyl sites for hydroxylation is 1. The Labute approximate surface area is 116 Å². The number of hydrogen-bond acceptors (Lipinski definition) is 5. The molecule has 0 unspecified atom stereocenters. The average Bonchev–Trinajstić information content (AvgIpc) is 2.85. The SMILES string of the molecule is CCc1noc(COc2ccc([C@@H](C)O)cc2Cl)n1. The number of aliphatic hydroxyl groups is 1. The van der Waals surface area contributed by atoms with E-state index >= 15 is 0 Å². The minimum atomic E-state index is -0.561. The molecule has 0 fully saturated rings. The topological polar surface area (TPSA) is 68.4 Å². The second-order valence-corrected chi connectivity index (χ2v) is 4.52. The van der Waals surface area contributed by atoms with Crippen molar-refractivity contribution in [3.05, 3.63) is 40.5 Å². The van der Waals surface area contributed by atoms with E-state index in [0.717, 1.165) is 5.56 Å². The van der Waals surface area contributed by atoms with E-state index < -0.39 is 6.10 Å². The first-order valence-corrected chi connectivity index (χ1v) is 6.39. The first-order valence-electron chi connectivity index (χ1n) is 6.02. The zero-order valence-electron chi connectivity index (χ0n) is 10.8. The van der Waals surface area contributed by atoms with Gasteiger partial charge in [-0.25, -0.2) is 0 Å². The summed E-state index contributed by atoms with van der Waals surface area (Å²) in [7, 11) is 0. The summed E-state index contributed by atoms with van der Waals surface area (Å²) >= 11 is 6.07. The van der Waals surface area contributed by atoms with Gasteiger partial charge in [0, 0.05) is 6.42 Å². The van der Waals surface area contributed by atoms with Crippen molar-refractivity contribution < 1.29 is 14.4 Å². The summed E-state index contributed by atoms with van der Waals surface area (Å²) in [5, 5.41) is 13.7. The Balaban J connectivity index is 2.03. The number of halogens is 1. The number of benzene rings is 1. The van der Waals surface area contributed by atoms with Gasteiger partial charge in [0.15, 0.2) is 12.4 Å². The van der Waals surface area contributed by atoms with Crippen LogP contribution in [0.4, 0.5) is 0 Å². The van der Waals surface area contributed by atoms with Gasteiger partial charge in [-0.3, -0.25) is 0 Å². The van der Waals surface area contributed by atoms with E-state index in [-0.39, 0.29) is 6.61 Å². The fourth-order valence-electron chi connectivity index (χ4n) is 1.53. The lowest BCUT2D eigenvalue weighted by Gasteiger charge is -2.09. The van der Waals surface area contributed by atoms with E-state index in [1.807, 2.05) is 6.92 Å². The molecule has 0 saturated carbocycles. The molecule has 0 aliphatic heterocycles. The Kier molecular flexibility index (Phi) is 4.39. The number of nitrogens with zero attached hydrogens (tertiary/aromatic N) is 2. The van der Waals surface area contributed by atoms with Gasteiger partial charge in [0.2, 0.25) is 0 Å². The van der Waals surface area contributed by atoms with Gasteiger partial charge < -0.3 is 14.4 Å². The van der Waals surface area contributed by atoms with Crippen molar-refractivity contribution in [1.29, 1.82) is 0 Å². The van der Waals surface area contributed by atoms with Crippen molar-refractivity contribution in [1.82, 2.24) is 10.1 Å². The van der Waals surface area contributed by atoms with Crippen molar-refractivity contribution in [2.24, 2.45) is 0 Å². The first kappa shape index (κ1) is 13.8.